The van der Waals surface area contributed by atoms with Gasteiger partial charge in [0.2, 0.25) is 0 Å². The first-order valence-electron chi connectivity index (χ1n) is 14.6. The zero-order valence-electron chi connectivity index (χ0n) is 24.8. The third-order valence-electron chi connectivity index (χ3n) is 8.19. The minimum Gasteiger partial charge on any atom is -0.377 e. The number of hydrogen-bond donors (Lipinski definition) is 1. The van der Waals surface area contributed by atoms with Crippen LogP contribution in [0.2, 0.25) is 0 Å². The van der Waals surface area contributed by atoms with E-state index in [9.17, 15) is 26.4 Å². The molecule has 0 saturated heterocycles. The average molecular weight is 633 g/mol. The highest BCUT2D eigenvalue weighted by atomic mass is 32.2. The molecule has 1 aliphatic heterocycles. The van der Waals surface area contributed by atoms with Gasteiger partial charge in [0.1, 0.15) is 17.1 Å². The van der Waals surface area contributed by atoms with Crippen LogP contribution in [0.15, 0.2) is 56.9 Å². The number of halogens is 3. The fourth-order valence-electron chi connectivity index (χ4n) is 5.76. The van der Waals surface area contributed by atoms with Crippen molar-refractivity contribution < 1.29 is 35.6 Å². The van der Waals surface area contributed by atoms with Gasteiger partial charge in [-0.05, 0) is 56.4 Å². The van der Waals surface area contributed by atoms with Crippen molar-refractivity contribution in [3.63, 3.8) is 0 Å². The molecule has 44 heavy (non-hydrogen) atoms. The maximum absolute atomic E-state index is 13.6. The first-order valence-corrected chi connectivity index (χ1v) is 16.0. The number of anilines is 1. The minimum absolute atomic E-state index is 0.0185. The lowest BCUT2D eigenvalue weighted by atomic mass is 9.96. The fraction of sp³-hybridized carbons (Fsp3) is 0.452. The van der Waals surface area contributed by atoms with Crippen molar-refractivity contribution in [1.82, 2.24) is 10.1 Å². The van der Waals surface area contributed by atoms with Gasteiger partial charge in [0.05, 0.1) is 24.5 Å². The van der Waals surface area contributed by atoms with Crippen molar-refractivity contribution in [3.05, 3.63) is 64.9 Å². The van der Waals surface area contributed by atoms with Gasteiger partial charge in [0.25, 0.3) is 15.9 Å². The van der Waals surface area contributed by atoms with E-state index in [1.165, 1.54) is 11.0 Å². The van der Waals surface area contributed by atoms with Gasteiger partial charge in [0.15, 0.2) is 5.82 Å². The van der Waals surface area contributed by atoms with Gasteiger partial charge in [-0.2, -0.15) is 13.2 Å². The SMILES string of the molecule is CCOCc1cc(CN2C(=O)C3(CCCC3)N=C2CCC(F)(F)F)ccc1-c1ccccc1S(=O)(=O)Nc1noc(C)c1C. The Balaban J connectivity index is 1.48. The molecule has 0 unspecified atom stereocenters. The number of nitrogens with one attached hydrogen (secondary N) is 1. The van der Waals surface area contributed by atoms with E-state index >= 15 is 0 Å². The predicted molar refractivity (Wildman–Crippen MR) is 158 cm³/mol. The molecule has 5 rings (SSSR count). The number of aromatic nitrogens is 1. The second-order valence-electron chi connectivity index (χ2n) is 11.2. The smallest absolute Gasteiger partial charge is 0.377 e. The Kier molecular flexibility index (Phi) is 8.90. The number of carbonyl (C=O) groups is 1. The quantitative estimate of drug-likeness (QED) is 0.252. The molecule has 1 fully saturated rings. The molecule has 2 aliphatic rings. The van der Waals surface area contributed by atoms with Crippen LogP contribution in [0.4, 0.5) is 19.0 Å². The number of aryl methyl sites for hydroxylation is 1. The standard InChI is InChI=1S/C31H35F3N4O5S/c1-4-42-19-23-17-22(18-38-27(13-16-31(32,33)34)35-30(29(38)39)14-7-8-15-30)11-12-24(23)25-9-5-6-10-26(25)44(40,41)37-28-20(2)21(3)43-36-28/h5-6,9-12,17H,4,7-8,13-16,18-19H2,1-3H3,(H,36,37). The van der Waals surface area contributed by atoms with Gasteiger partial charge in [-0.25, -0.2) is 8.42 Å². The molecule has 1 aromatic heterocycles. The molecule has 1 spiro atoms. The summed E-state index contributed by atoms with van der Waals surface area (Å²) in [4.78, 5) is 19.6. The molecule has 1 aliphatic carbocycles. The summed E-state index contributed by atoms with van der Waals surface area (Å²) >= 11 is 0. The van der Waals surface area contributed by atoms with Crippen LogP contribution in [-0.4, -0.2) is 48.5 Å². The summed E-state index contributed by atoms with van der Waals surface area (Å²) in [5.74, 6) is 0.488. The lowest BCUT2D eigenvalue weighted by Crippen LogP contribution is -2.40. The topological polar surface area (TPSA) is 114 Å². The number of nitrogens with zero attached hydrogens (tertiary/aromatic N) is 3. The third-order valence-corrected chi connectivity index (χ3v) is 9.58. The Morgan fingerprint density at radius 1 is 1.09 bits per heavy atom. The number of hydrogen-bond acceptors (Lipinski definition) is 7. The van der Waals surface area contributed by atoms with Gasteiger partial charge >= 0.3 is 6.18 Å². The van der Waals surface area contributed by atoms with Crippen molar-refractivity contribution in [3.8, 4) is 11.1 Å². The number of benzene rings is 2. The third kappa shape index (κ3) is 6.53. The van der Waals surface area contributed by atoms with Gasteiger partial charge < -0.3 is 9.26 Å². The summed E-state index contributed by atoms with van der Waals surface area (Å²) in [6, 6.07) is 11.8. The Morgan fingerprint density at radius 2 is 1.82 bits per heavy atom. The monoisotopic (exact) mass is 632 g/mol. The lowest BCUT2D eigenvalue weighted by molar-refractivity contribution is -0.135. The van der Waals surface area contributed by atoms with E-state index in [-0.39, 0.29) is 42.0 Å². The molecule has 1 N–H and O–H groups in total. The highest BCUT2D eigenvalue weighted by molar-refractivity contribution is 7.92. The molecule has 13 heteroatoms. The summed E-state index contributed by atoms with van der Waals surface area (Å²) in [5, 5.41) is 3.82. The van der Waals surface area contributed by atoms with E-state index in [1.807, 2.05) is 6.92 Å². The zero-order chi connectivity index (χ0) is 31.7. The summed E-state index contributed by atoms with van der Waals surface area (Å²) in [6.45, 7) is 5.81. The molecule has 2 aromatic carbocycles. The minimum atomic E-state index is -4.37. The van der Waals surface area contributed by atoms with Crippen molar-refractivity contribution >= 4 is 27.6 Å². The Hall–Kier alpha value is -3.71. The van der Waals surface area contributed by atoms with Crippen LogP contribution in [-0.2, 0) is 32.7 Å². The number of sulfonamides is 1. The van der Waals surface area contributed by atoms with Crippen molar-refractivity contribution in [2.75, 3.05) is 11.3 Å². The second-order valence-corrected chi connectivity index (χ2v) is 12.9. The molecule has 9 nitrogen and oxygen atoms in total. The van der Waals surface area contributed by atoms with Crippen molar-refractivity contribution in [2.24, 2.45) is 4.99 Å². The average Bonchev–Trinajstić information content (AvgIpc) is 3.66. The molecule has 0 radical (unpaired) electrons. The van der Waals surface area contributed by atoms with Crippen LogP contribution in [0.3, 0.4) is 0 Å². The lowest BCUT2D eigenvalue weighted by Gasteiger charge is -2.23. The number of aliphatic imine (C=N–C) groups is 1. The number of amides is 1. The van der Waals surface area contributed by atoms with E-state index in [4.69, 9.17) is 9.26 Å². The molecule has 0 atom stereocenters. The summed E-state index contributed by atoms with van der Waals surface area (Å²) in [6.07, 6.45) is -3.15. The van der Waals surface area contributed by atoms with Gasteiger partial charge in [-0.15, -0.1) is 0 Å². The summed E-state index contributed by atoms with van der Waals surface area (Å²) in [7, 11) is -4.09. The van der Waals surface area contributed by atoms with Crippen LogP contribution >= 0.6 is 0 Å². The number of amidine groups is 1. The summed E-state index contributed by atoms with van der Waals surface area (Å²) in [5.41, 5.74) is 1.95. The number of carbonyl (C=O) groups excluding carboxylic acids is 1. The van der Waals surface area contributed by atoms with Crippen LogP contribution in [0.1, 0.15) is 67.9 Å². The maximum Gasteiger partial charge on any atom is 0.389 e. The number of ether oxygens (including phenoxy) is 1. The van der Waals surface area contributed by atoms with E-state index in [1.54, 1.807) is 50.2 Å². The highest BCUT2D eigenvalue weighted by Gasteiger charge is 2.49. The largest absolute Gasteiger partial charge is 0.389 e. The molecule has 2 heterocycles. The van der Waals surface area contributed by atoms with Gasteiger partial charge in [0, 0.05) is 24.2 Å². The molecule has 3 aromatic rings. The highest BCUT2D eigenvalue weighted by Crippen LogP contribution is 2.41. The number of rotatable bonds is 11. The van der Waals surface area contributed by atoms with E-state index < -0.39 is 28.2 Å². The second kappa shape index (κ2) is 12.4. The molecule has 236 valence electrons. The van der Waals surface area contributed by atoms with E-state index in [0.717, 1.165) is 12.8 Å². The zero-order valence-corrected chi connectivity index (χ0v) is 25.6. The van der Waals surface area contributed by atoms with Gasteiger partial charge in [-0.3, -0.25) is 19.4 Å². The van der Waals surface area contributed by atoms with Crippen LogP contribution in [0.5, 0.6) is 0 Å². The van der Waals surface area contributed by atoms with Crippen LogP contribution < -0.4 is 4.72 Å². The molecular formula is C31H35F3N4O5S. The molecule has 1 amide bonds. The summed E-state index contributed by atoms with van der Waals surface area (Å²) < 4.78 is 79.9. The maximum atomic E-state index is 13.6. The van der Waals surface area contributed by atoms with Crippen LogP contribution in [0.25, 0.3) is 11.1 Å². The Bertz CT molecular complexity index is 1680. The van der Waals surface area contributed by atoms with Crippen LogP contribution in [0, 0.1) is 13.8 Å². The molecular weight excluding hydrogens is 597 g/mol. The number of alkyl halides is 3. The first kappa shape index (κ1) is 31.7. The van der Waals surface area contributed by atoms with Crippen molar-refractivity contribution in [2.45, 2.75) is 89.1 Å². The van der Waals surface area contributed by atoms with E-state index in [0.29, 0.717) is 53.0 Å². The molecule has 1 saturated carbocycles. The Labute approximate surface area is 254 Å². The Morgan fingerprint density at radius 3 is 2.48 bits per heavy atom. The van der Waals surface area contributed by atoms with Crippen molar-refractivity contribution in [1.29, 1.82) is 0 Å². The fourth-order valence-corrected chi connectivity index (χ4v) is 7.04. The molecule has 0 bridgehead atoms. The van der Waals surface area contributed by atoms with Gasteiger partial charge in [-0.1, -0.05) is 54.4 Å². The predicted octanol–water partition coefficient (Wildman–Crippen LogP) is 6.69. The van der Waals surface area contributed by atoms with E-state index in [2.05, 4.69) is 14.9 Å². The first-order chi connectivity index (χ1) is 20.8. The normalized spacial score (nSPS) is 16.6.